The lowest BCUT2D eigenvalue weighted by Gasteiger charge is -2.27. The van der Waals surface area contributed by atoms with Gasteiger partial charge >= 0.3 is 0 Å². The van der Waals surface area contributed by atoms with Crippen LogP contribution in [0.3, 0.4) is 0 Å². The number of rotatable bonds is 4. The number of carbonyl (C=O) groups is 2. The summed E-state index contributed by atoms with van der Waals surface area (Å²) in [7, 11) is 0. The molecule has 108 valence electrons. The van der Waals surface area contributed by atoms with Crippen molar-refractivity contribution in [3.8, 4) is 0 Å². The molecule has 1 heterocycles. The van der Waals surface area contributed by atoms with E-state index in [0.717, 1.165) is 25.7 Å². The van der Waals surface area contributed by atoms with Crippen LogP contribution in [0.1, 0.15) is 32.1 Å². The number of ether oxygens (including phenoxy) is 1. The third-order valence-corrected chi connectivity index (χ3v) is 3.94. The number of hydrogen-bond acceptors (Lipinski definition) is 4. The summed E-state index contributed by atoms with van der Waals surface area (Å²) in [6, 6.07) is 0. The fourth-order valence-electron chi connectivity index (χ4n) is 2.66. The first-order valence-corrected chi connectivity index (χ1v) is 7.04. The number of nitrogens with two attached hydrogens (primary N) is 1. The molecule has 2 aliphatic rings. The van der Waals surface area contributed by atoms with Gasteiger partial charge in [-0.15, -0.1) is 0 Å². The molecule has 6 heteroatoms. The summed E-state index contributed by atoms with van der Waals surface area (Å²) in [6.45, 7) is 2.86. The van der Waals surface area contributed by atoms with Crippen molar-refractivity contribution in [1.29, 1.82) is 0 Å². The maximum atomic E-state index is 11.9. The van der Waals surface area contributed by atoms with Gasteiger partial charge in [0.1, 0.15) is 0 Å². The highest BCUT2D eigenvalue weighted by Gasteiger charge is 2.36. The summed E-state index contributed by atoms with van der Waals surface area (Å²) in [5, 5.41) is 2.79. The molecular formula is C13H23N3O3. The van der Waals surface area contributed by atoms with Crippen molar-refractivity contribution in [3.63, 3.8) is 0 Å². The zero-order valence-corrected chi connectivity index (χ0v) is 11.3. The first kappa shape index (κ1) is 14.3. The van der Waals surface area contributed by atoms with Crippen molar-refractivity contribution in [1.82, 2.24) is 10.2 Å². The van der Waals surface area contributed by atoms with Crippen molar-refractivity contribution < 1.29 is 14.3 Å². The number of nitrogens with one attached hydrogen (secondary N) is 1. The molecule has 0 radical (unpaired) electrons. The molecule has 19 heavy (non-hydrogen) atoms. The van der Waals surface area contributed by atoms with E-state index in [0.29, 0.717) is 39.3 Å². The molecule has 1 saturated heterocycles. The molecule has 3 N–H and O–H groups in total. The fraction of sp³-hybridized carbons (Fsp3) is 0.846. The van der Waals surface area contributed by atoms with Gasteiger partial charge in [-0.05, 0) is 12.8 Å². The molecule has 2 rings (SSSR count). The molecule has 0 aromatic rings. The van der Waals surface area contributed by atoms with Gasteiger partial charge in [0.25, 0.3) is 0 Å². The van der Waals surface area contributed by atoms with E-state index in [-0.39, 0.29) is 11.8 Å². The summed E-state index contributed by atoms with van der Waals surface area (Å²) >= 11 is 0. The van der Waals surface area contributed by atoms with E-state index in [1.807, 2.05) is 0 Å². The van der Waals surface area contributed by atoms with Crippen molar-refractivity contribution in [2.24, 2.45) is 5.73 Å². The van der Waals surface area contributed by atoms with Crippen molar-refractivity contribution in [3.05, 3.63) is 0 Å². The standard InChI is InChI=1S/C13H23N3O3/c14-13(4-1-2-5-13)12(18)15-6-3-11(17)16-7-9-19-10-8-16/h1-10,14H2,(H,15,18). The fourth-order valence-corrected chi connectivity index (χ4v) is 2.66. The maximum Gasteiger partial charge on any atom is 0.240 e. The summed E-state index contributed by atoms with van der Waals surface area (Å²) in [5.74, 6) is -0.0409. The smallest absolute Gasteiger partial charge is 0.240 e. The Balaban J connectivity index is 1.68. The molecule has 0 unspecified atom stereocenters. The molecule has 0 atom stereocenters. The highest BCUT2D eigenvalue weighted by Crippen LogP contribution is 2.27. The van der Waals surface area contributed by atoms with Crippen molar-refractivity contribution in [2.45, 2.75) is 37.6 Å². The molecule has 0 spiro atoms. The number of morpholine rings is 1. The predicted molar refractivity (Wildman–Crippen MR) is 70.4 cm³/mol. The highest BCUT2D eigenvalue weighted by atomic mass is 16.5. The van der Waals surface area contributed by atoms with Gasteiger partial charge in [-0.1, -0.05) is 12.8 Å². The van der Waals surface area contributed by atoms with Crippen LogP contribution in [-0.2, 0) is 14.3 Å². The van der Waals surface area contributed by atoms with Crippen LogP contribution in [0.25, 0.3) is 0 Å². The van der Waals surface area contributed by atoms with Gasteiger partial charge in [0.2, 0.25) is 11.8 Å². The second kappa shape index (κ2) is 6.34. The summed E-state index contributed by atoms with van der Waals surface area (Å²) < 4.78 is 5.19. The normalized spacial score (nSPS) is 22.3. The Hall–Kier alpha value is -1.14. The SMILES string of the molecule is NC1(C(=O)NCCC(=O)N2CCOCC2)CCCC1. The number of amides is 2. The van der Waals surface area contributed by atoms with Crippen LogP contribution >= 0.6 is 0 Å². The minimum absolute atomic E-state index is 0.0705. The quantitative estimate of drug-likeness (QED) is 0.729. The topological polar surface area (TPSA) is 84.7 Å². The predicted octanol–water partition coefficient (Wildman–Crippen LogP) is -0.377. The Labute approximate surface area is 113 Å². The molecular weight excluding hydrogens is 246 g/mol. The Morgan fingerprint density at radius 3 is 2.47 bits per heavy atom. The monoisotopic (exact) mass is 269 g/mol. The summed E-state index contributed by atoms with van der Waals surface area (Å²) in [6.07, 6.45) is 3.85. The van der Waals surface area contributed by atoms with Crippen LogP contribution in [0.4, 0.5) is 0 Å². The van der Waals surface area contributed by atoms with Crippen LogP contribution in [0.2, 0.25) is 0 Å². The largest absolute Gasteiger partial charge is 0.378 e. The molecule has 1 saturated carbocycles. The van der Waals surface area contributed by atoms with Crippen LogP contribution < -0.4 is 11.1 Å². The Morgan fingerprint density at radius 1 is 1.21 bits per heavy atom. The molecule has 0 bridgehead atoms. The van der Waals surface area contributed by atoms with E-state index in [2.05, 4.69) is 5.32 Å². The van der Waals surface area contributed by atoms with Crippen LogP contribution in [0.15, 0.2) is 0 Å². The third-order valence-electron chi connectivity index (χ3n) is 3.94. The van der Waals surface area contributed by atoms with E-state index < -0.39 is 5.54 Å². The second-order valence-electron chi connectivity index (χ2n) is 5.36. The van der Waals surface area contributed by atoms with E-state index in [1.165, 1.54) is 0 Å². The summed E-state index contributed by atoms with van der Waals surface area (Å²) in [4.78, 5) is 25.6. The van der Waals surface area contributed by atoms with Gasteiger partial charge in [0, 0.05) is 26.1 Å². The first-order chi connectivity index (χ1) is 9.12. The van der Waals surface area contributed by atoms with Crippen LogP contribution in [-0.4, -0.2) is 55.1 Å². The molecule has 2 amide bonds. The van der Waals surface area contributed by atoms with Gasteiger partial charge in [0.05, 0.1) is 18.8 Å². The van der Waals surface area contributed by atoms with Gasteiger partial charge in [-0.2, -0.15) is 0 Å². The van der Waals surface area contributed by atoms with Crippen LogP contribution in [0.5, 0.6) is 0 Å². The average Bonchev–Trinajstić information content (AvgIpc) is 2.88. The average molecular weight is 269 g/mol. The maximum absolute atomic E-state index is 11.9. The number of carbonyl (C=O) groups excluding carboxylic acids is 2. The Bertz CT molecular complexity index is 334. The van der Waals surface area contributed by atoms with Crippen molar-refractivity contribution in [2.75, 3.05) is 32.8 Å². The van der Waals surface area contributed by atoms with Gasteiger partial charge < -0.3 is 20.7 Å². The van der Waals surface area contributed by atoms with E-state index in [9.17, 15) is 9.59 Å². The number of hydrogen-bond donors (Lipinski definition) is 2. The molecule has 0 aromatic carbocycles. The third kappa shape index (κ3) is 3.67. The molecule has 6 nitrogen and oxygen atoms in total. The van der Waals surface area contributed by atoms with E-state index in [4.69, 9.17) is 10.5 Å². The lowest BCUT2D eigenvalue weighted by molar-refractivity contribution is -0.135. The highest BCUT2D eigenvalue weighted by molar-refractivity contribution is 5.86. The minimum Gasteiger partial charge on any atom is -0.378 e. The van der Waals surface area contributed by atoms with Gasteiger partial charge in [-0.3, -0.25) is 9.59 Å². The minimum atomic E-state index is -0.706. The second-order valence-corrected chi connectivity index (χ2v) is 5.36. The lowest BCUT2D eigenvalue weighted by Crippen LogP contribution is -2.52. The first-order valence-electron chi connectivity index (χ1n) is 7.04. The Kier molecular flexibility index (Phi) is 4.76. The zero-order valence-electron chi connectivity index (χ0n) is 11.3. The molecule has 0 aromatic heterocycles. The molecule has 1 aliphatic heterocycles. The molecule has 1 aliphatic carbocycles. The molecule has 2 fully saturated rings. The van der Waals surface area contributed by atoms with Gasteiger partial charge in [-0.25, -0.2) is 0 Å². The summed E-state index contributed by atoms with van der Waals surface area (Å²) in [5.41, 5.74) is 5.33. The van der Waals surface area contributed by atoms with E-state index in [1.54, 1.807) is 4.90 Å². The van der Waals surface area contributed by atoms with E-state index >= 15 is 0 Å². The van der Waals surface area contributed by atoms with Crippen molar-refractivity contribution >= 4 is 11.8 Å². The van der Waals surface area contributed by atoms with Crippen LogP contribution in [0, 0.1) is 0 Å². The lowest BCUT2D eigenvalue weighted by atomic mass is 9.98. The Morgan fingerprint density at radius 2 is 1.84 bits per heavy atom. The van der Waals surface area contributed by atoms with Gasteiger partial charge in [0.15, 0.2) is 0 Å². The zero-order chi connectivity index (χ0) is 13.7. The number of nitrogens with zero attached hydrogens (tertiary/aromatic N) is 1.